The van der Waals surface area contributed by atoms with Crippen LogP contribution in [0.4, 0.5) is 0 Å². The van der Waals surface area contributed by atoms with Gasteiger partial charge < -0.3 is 38.6 Å². The van der Waals surface area contributed by atoms with E-state index in [9.17, 15) is 0 Å². The summed E-state index contributed by atoms with van der Waals surface area (Å²) in [5.41, 5.74) is -12.1. The van der Waals surface area contributed by atoms with Crippen molar-refractivity contribution < 1.29 is 47.6 Å². The fraction of sp³-hybridized carbons (Fsp3) is 0.638. The summed E-state index contributed by atoms with van der Waals surface area (Å²) in [6.45, 7) is 13.9. The molecule has 2 aromatic carbocycles. The van der Waals surface area contributed by atoms with Crippen molar-refractivity contribution in [3.8, 4) is 0 Å². The van der Waals surface area contributed by atoms with Crippen LogP contribution in [0.1, 0.15) is 51.7 Å². The second-order valence-electron chi connectivity index (χ2n) is 17.4. The number of ether oxygens (including phenoxy) is 6. The van der Waals surface area contributed by atoms with E-state index in [0.717, 1.165) is 91.8 Å². The fourth-order valence-electron chi connectivity index (χ4n) is 11.0. The summed E-state index contributed by atoms with van der Waals surface area (Å²) in [4.78, 5) is 74.9. The van der Waals surface area contributed by atoms with Crippen LogP contribution >= 0.6 is 23.2 Å². The molecular formula is C47H66Cl2N6O10. The van der Waals surface area contributed by atoms with Crippen LogP contribution in [-0.2, 0) is 53.0 Å². The van der Waals surface area contributed by atoms with Gasteiger partial charge in [0.15, 0.2) is 5.41 Å². The quantitative estimate of drug-likeness (QED) is 0.0962. The van der Waals surface area contributed by atoms with Crippen molar-refractivity contribution >= 4 is 52.9 Å². The number of piperazine rings is 2. The number of benzene rings is 2. The Kier molecular flexibility index (Phi) is 17.0. The van der Waals surface area contributed by atoms with E-state index < -0.39 is 64.4 Å². The Morgan fingerprint density at radius 2 is 1.18 bits per heavy atom. The number of nitrogens with zero attached hydrogens (tertiary/aromatic N) is 4. The summed E-state index contributed by atoms with van der Waals surface area (Å²) in [5, 5.41) is 6.88. The number of nitrogens with one attached hydrogen (secondary N) is 2. The molecule has 4 aliphatic rings. The van der Waals surface area contributed by atoms with Crippen molar-refractivity contribution in [2.75, 3.05) is 126 Å². The average Bonchev–Trinajstić information content (AvgIpc) is 3.85. The molecule has 2 N–H and O–H groups in total. The molecule has 16 nitrogen and oxygen atoms in total. The number of rotatable bonds is 18. The van der Waals surface area contributed by atoms with Crippen LogP contribution in [0.3, 0.4) is 0 Å². The standard InChI is InChI=1S/C47H66Cl2N6O10/c1-7-64-41(58)47(42(59)65-8-2)44(32-62-30-28-53-22-20-50-21-23-53,33-63-31-29-54-24-26-55(27-25-54)38-18-13-19-51-38)52-43(3,4)46(39(56)60-5,40(57)61-6)45(47,34-14-9-11-16-36(34)48)35-15-10-12-17-37(35)49/h9-12,14-17,50,52H,7-8,13,18-33H2,1-6H3. The number of amidine groups is 1. The third-order valence-electron chi connectivity index (χ3n) is 13.6. The number of hydrogen-bond donors (Lipinski definition) is 2. The van der Waals surface area contributed by atoms with Crippen LogP contribution in [0.5, 0.6) is 0 Å². The van der Waals surface area contributed by atoms with Crippen molar-refractivity contribution in [1.29, 1.82) is 0 Å². The second-order valence-corrected chi connectivity index (χ2v) is 18.2. The van der Waals surface area contributed by atoms with Crippen LogP contribution in [0, 0.1) is 10.8 Å². The Morgan fingerprint density at radius 3 is 1.63 bits per heavy atom. The Labute approximate surface area is 392 Å². The van der Waals surface area contributed by atoms with Crippen molar-refractivity contribution in [3.63, 3.8) is 0 Å². The molecule has 358 valence electrons. The van der Waals surface area contributed by atoms with Gasteiger partial charge in [-0.15, -0.1) is 0 Å². The van der Waals surface area contributed by atoms with Gasteiger partial charge in [0.25, 0.3) is 0 Å². The van der Waals surface area contributed by atoms with E-state index in [2.05, 4.69) is 25.3 Å². The highest BCUT2D eigenvalue weighted by Gasteiger charge is 2.90. The highest BCUT2D eigenvalue weighted by Crippen LogP contribution is 2.71. The first-order valence-electron chi connectivity index (χ1n) is 22.7. The summed E-state index contributed by atoms with van der Waals surface area (Å²) in [6.07, 6.45) is 2.06. The molecule has 0 spiro atoms. The monoisotopic (exact) mass is 944 g/mol. The Hall–Kier alpha value is -3.87. The van der Waals surface area contributed by atoms with E-state index in [4.69, 9.17) is 56.6 Å². The van der Waals surface area contributed by atoms with Crippen LogP contribution < -0.4 is 10.6 Å². The van der Waals surface area contributed by atoms with Gasteiger partial charge in [0, 0.05) is 94.0 Å². The van der Waals surface area contributed by atoms with Gasteiger partial charge in [0.1, 0.15) is 0 Å². The summed E-state index contributed by atoms with van der Waals surface area (Å²) in [5.74, 6) is -3.46. The fourth-order valence-corrected chi connectivity index (χ4v) is 11.6. The molecule has 0 bridgehead atoms. The lowest BCUT2D eigenvalue weighted by molar-refractivity contribution is -0.234. The highest BCUT2D eigenvalue weighted by atomic mass is 35.5. The van der Waals surface area contributed by atoms with Gasteiger partial charge in [-0.05, 0) is 57.4 Å². The SMILES string of the molecule is CCOC(=O)C1(C(=O)OCC)C(COCCN2CCNCC2)(COCCN2CCN(C3=NCCC3)CC2)NC(C)(C)C(C(=O)OC)(C(=O)OC)C1(c1ccccc1Cl)c1ccccc1Cl. The van der Waals surface area contributed by atoms with E-state index >= 15 is 19.2 Å². The molecule has 0 aromatic heterocycles. The first-order chi connectivity index (χ1) is 31.3. The number of carbonyl (C=O) groups is 4. The maximum atomic E-state index is 16.2. The normalized spacial score (nSPS) is 22.7. The second kappa shape index (κ2) is 21.8. The van der Waals surface area contributed by atoms with Crippen molar-refractivity contribution in [2.24, 2.45) is 15.8 Å². The molecule has 4 aliphatic heterocycles. The molecule has 6 rings (SSSR count). The first-order valence-corrected chi connectivity index (χ1v) is 23.4. The lowest BCUT2D eigenvalue weighted by Crippen LogP contribution is -2.92. The molecule has 1 unspecified atom stereocenters. The molecule has 0 radical (unpaired) electrons. The molecular weight excluding hydrogens is 879 g/mol. The average molecular weight is 946 g/mol. The zero-order chi connectivity index (χ0) is 46.9. The minimum absolute atomic E-state index is 0.00354. The number of methoxy groups -OCH3 is 2. The van der Waals surface area contributed by atoms with Crippen molar-refractivity contribution in [3.05, 3.63) is 69.7 Å². The van der Waals surface area contributed by atoms with Gasteiger partial charge in [-0.3, -0.25) is 39.3 Å². The number of piperidine rings is 1. The predicted molar refractivity (Wildman–Crippen MR) is 246 cm³/mol. The summed E-state index contributed by atoms with van der Waals surface area (Å²) in [7, 11) is 2.24. The maximum absolute atomic E-state index is 16.2. The van der Waals surface area contributed by atoms with Crippen molar-refractivity contribution in [1.82, 2.24) is 25.3 Å². The van der Waals surface area contributed by atoms with Gasteiger partial charge in [-0.25, -0.2) is 0 Å². The minimum Gasteiger partial charge on any atom is -0.468 e. The number of hydrogen-bond acceptors (Lipinski definition) is 16. The maximum Gasteiger partial charge on any atom is 0.326 e. The van der Waals surface area contributed by atoms with Crippen LogP contribution in [0.15, 0.2) is 53.5 Å². The van der Waals surface area contributed by atoms with E-state index in [1.54, 1.807) is 76.2 Å². The molecule has 0 amide bonds. The van der Waals surface area contributed by atoms with E-state index in [1.165, 1.54) is 0 Å². The van der Waals surface area contributed by atoms with E-state index in [0.29, 0.717) is 13.1 Å². The van der Waals surface area contributed by atoms with Crippen LogP contribution in [0.25, 0.3) is 0 Å². The summed E-state index contributed by atoms with van der Waals surface area (Å²) in [6, 6.07) is 12.8. The highest BCUT2D eigenvalue weighted by molar-refractivity contribution is 6.33. The van der Waals surface area contributed by atoms with Gasteiger partial charge in [-0.1, -0.05) is 59.6 Å². The van der Waals surface area contributed by atoms with E-state index in [-0.39, 0.29) is 47.6 Å². The van der Waals surface area contributed by atoms with E-state index in [1.807, 2.05) is 0 Å². The van der Waals surface area contributed by atoms with Gasteiger partial charge in [-0.2, -0.15) is 0 Å². The molecule has 3 fully saturated rings. The third kappa shape index (κ3) is 8.90. The smallest absolute Gasteiger partial charge is 0.326 e. The lowest BCUT2D eigenvalue weighted by Gasteiger charge is -2.69. The number of carbonyl (C=O) groups excluding carboxylic acids is 4. The van der Waals surface area contributed by atoms with Crippen molar-refractivity contribution in [2.45, 2.75) is 57.0 Å². The topological polar surface area (TPSA) is 170 Å². The third-order valence-corrected chi connectivity index (χ3v) is 14.3. The van der Waals surface area contributed by atoms with Crippen LogP contribution in [0.2, 0.25) is 10.0 Å². The zero-order valence-corrected chi connectivity index (χ0v) is 40.2. The zero-order valence-electron chi connectivity index (χ0n) is 38.7. The lowest BCUT2D eigenvalue weighted by atomic mass is 9.34. The molecule has 0 aliphatic carbocycles. The number of aliphatic imine (C=N–C) groups is 1. The Balaban J connectivity index is 1.65. The predicted octanol–water partition coefficient (Wildman–Crippen LogP) is 3.59. The Bertz CT molecular complexity index is 1940. The molecule has 0 saturated carbocycles. The molecule has 4 heterocycles. The van der Waals surface area contributed by atoms with Gasteiger partial charge in [0.05, 0.1) is 70.7 Å². The van der Waals surface area contributed by atoms with Gasteiger partial charge >= 0.3 is 23.9 Å². The molecule has 1 atom stereocenters. The van der Waals surface area contributed by atoms with Crippen LogP contribution in [-0.4, -0.2) is 181 Å². The first kappa shape index (κ1) is 50.5. The summed E-state index contributed by atoms with van der Waals surface area (Å²) < 4.78 is 37.1. The summed E-state index contributed by atoms with van der Waals surface area (Å²) >= 11 is 14.7. The molecule has 3 saturated heterocycles. The number of halogens is 2. The molecule has 65 heavy (non-hydrogen) atoms. The number of esters is 4. The minimum atomic E-state index is -2.86. The Morgan fingerprint density at radius 1 is 0.692 bits per heavy atom. The van der Waals surface area contributed by atoms with Gasteiger partial charge in [0.2, 0.25) is 5.41 Å². The molecule has 18 heteroatoms. The molecule has 2 aromatic rings. The largest absolute Gasteiger partial charge is 0.468 e.